The van der Waals surface area contributed by atoms with Gasteiger partial charge in [-0.05, 0) is 24.8 Å². The minimum Gasteiger partial charge on any atom is -0.353 e. The van der Waals surface area contributed by atoms with Crippen LogP contribution in [0.2, 0.25) is 0 Å². The second-order valence-corrected chi connectivity index (χ2v) is 9.00. The van der Waals surface area contributed by atoms with Gasteiger partial charge in [0.25, 0.3) is 0 Å². The SMILES string of the molecule is CCCCCC(C)NC(=O)CS(=O)(=O)Cc1nc(-c2cccs2)no1. The minimum absolute atomic E-state index is 0.00723. The van der Waals surface area contributed by atoms with Gasteiger partial charge in [0.1, 0.15) is 11.5 Å². The largest absolute Gasteiger partial charge is 0.353 e. The van der Waals surface area contributed by atoms with Crippen molar-refractivity contribution < 1.29 is 17.7 Å². The number of thiophene rings is 1. The van der Waals surface area contributed by atoms with E-state index in [1.54, 1.807) is 0 Å². The fourth-order valence-corrected chi connectivity index (χ4v) is 4.08. The minimum atomic E-state index is -3.67. The number of carbonyl (C=O) groups is 1. The summed E-state index contributed by atoms with van der Waals surface area (Å²) in [4.78, 5) is 16.8. The molecule has 0 radical (unpaired) electrons. The van der Waals surface area contributed by atoms with E-state index in [4.69, 9.17) is 4.52 Å². The lowest BCUT2D eigenvalue weighted by atomic mass is 10.1. The van der Waals surface area contributed by atoms with E-state index in [0.29, 0.717) is 5.82 Å². The van der Waals surface area contributed by atoms with Crippen molar-refractivity contribution in [3.05, 3.63) is 23.4 Å². The Morgan fingerprint density at radius 3 is 2.88 bits per heavy atom. The van der Waals surface area contributed by atoms with Gasteiger partial charge in [-0.15, -0.1) is 11.3 Å². The number of rotatable bonds is 10. The molecule has 0 bridgehead atoms. The summed E-state index contributed by atoms with van der Waals surface area (Å²) < 4.78 is 29.3. The van der Waals surface area contributed by atoms with Gasteiger partial charge in [0.05, 0.1) is 4.88 Å². The standard InChI is InChI=1S/C16H23N3O4S2/c1-3-4-5-7-12(2)17-14(20)10-25(21,22)11-15-18-16(19-23-15)13-8-6-9-24-13/h6,8-9,12H,3-5,7,10-11H2,1-2H3,(H,17,20). The average molecular weight is 386 g/mol. The Kier molecular flexibility index (Phi) is 7.12. The number of sulfone groups is 1. The molecule has 0 fully saturated rings. The van der Waals surface area contributed by atoms with Gasteiger partial charge in [-0.1, -0.05) is 37.4 Å². The van der Waals surface area contributed by atoms with Gasteiger partial charge in [-0.3, -0.25) is 4.79 Å². The summed E-state index contributed by atoms with van der Waals surface area (Å²) in [7, 11) is -3.67. The molecule has 0 spiro atoms. The summed E-state index contributed by atoms with van der Waals surface area (Å²) in [5.41, 5.74) is 0. The number of hydrogen-bond acceptors (Lipinski definition) is 7. The summed E-state index contributed by atoms with van der Waals surface area (Å²) in [5.74, 6) is -1.17. The Bertz CT molecular complexity index is 769. The lowest BCUT2D eigenvalue weighted by Gasteiger charge is -2.13. The predicted octanol–water partition coefficient (Wildman–Crippen LogP) is 2.80. The van der Waals surface area contributed by atoms with E-state index in [1.165, 1.54) is 11.3 Å². The summed E-state index contributed by atoms with van der Waals surface area (Å²) in [5, 5.41) is 8.37. The van der Waals surface area contributed by atoms with Crippen LogP contribution in [0.3, 0.4) is 0 Å². The molecule has 1 unspecified atom stereocenters. The molecule has 7 nitrogen and oxygen atoms in total. The van der Waals surface area contributed by atoms with Crippen molar-refractivity contribution in [2.45, 2.75) is 51.3 Å². The van der Waals surface area contributed by atoms with Crippen LogP contribution in [0.25, 0.3) is 10.7 Å². The highest BCUT2D eigenvalue weighted by molar-refractivity contribution is 7.91. The van der Waals surface area contributed by atoms with Crippen molar-refractivity contribution >= 4 is 27.1 Å². The molecule has 2 aromatic rings. The number of unbranched alkanes of at least 4 members (excludes halogenated alkanes) is 2. The molecule has 2 aromatic heterocycles. The first-order valence-electron chi connectivity index (χ1n) is 8.26. The Hall–Kier alpha value is -1.74. The van der Waals surface area contributed by atoms with Crippen LogP contribution in [0, 0.1) is 0 Å². The monoisotopic (exact) mass is 385 g/mol. The van der Waals surface area contributed by atoms with Crippen LogP contribution >= 0.6 is 11.3 Å². The molecule has 2 rings (SSSR count). The third kappa shape index (κ3) is 6.58. The van der Waals surface area contributed by atoms with Gasteiger partial charge in [-0.2, -0.15) is 4.98 Å². The third-order valence-corrected chi connectivity index (χ3v) is 5.81. The van der Waals surface area contributed by atoms with Crippen molar-refractivity contribution in [1.82, 2.24) is 15.5 Å². The molecule has 138 valence electrons. The predicted molar refractivity (Wildman–Crippen MR) is 96.8 cm³/mol. The first kappa shape index (κ1) is 19.6. The third-order valence-electron chi connectivity index (χ3n) is 3.55. The maximum absolute atomic E-state index is 12.2. The normalized spacial score (nSPS) is 12.9. The average Bonchev–Trinajstić information content (AvgIpc) is 3.16. The molecule has 1 atom stereocenters. The number of nitrogens with zero attached hydrogens (tertiary/aromatic N) is 2. The summed E-state index contributed by atoms with van der Waals surface area (Å²) in [6.45, 7) is 3.99. The number of carbonyl (C=O) groups excluding carboxylic acids is 1. The first-order valence-corrected chi connectivity index (χ1v) is 11.0. The molecule has 0 saturated heterocycles. The van der Waals surface area contributed by atoms with E-state index in [-0.39, 0.29) is 11.9 Å². The Balaban J connectivity index is 1.86. The molecule has 0 saturated carbocycles. The van der Waals surface area contributed by atoms with E-state index in [2.05, 4.69) is 22.4 Å². The highest BCUT2D eigenvalue weighted by Crippen LogP contribution is 2.21. The molecule has 0 aliphatic heterocycles. The molecular formula is C16H23N3O4S2. The fourth-order valence-electron chi connectivity index (χ4n) is 2.35. The smallest absolute Gasteiger partial charge is 0.242 e. The van der Waals surface area contributed by atoms with Gasteiger partial charge in [0, 0.05) is 6.04 Å². The van der Waals surface area contributed by atoms with Crippen LogP contribution in [-0.4, -0.2) is 36.3 Å². The lowest BCUT2D eigenvalue weighted by Crippen LogP contribution is -2.37. The zero-order valence-electron chi connectivity index (χ0n) is 14.4. The second kappa shape index (κ2) is 9.10. The molecule has 1 N–H and O–H groups in total. The highest BCUT2D eigenvalue weighted by atomic mass is 32.2. The van der Waals surface area contributed by atoms with E-state index in [0.717, 1.165) is 30.6 Å². The number of aromatic nitrogens is 2. The van der Waals surface area contributed by atoms with Gasteiger partial charge in [0.2, 0.25) is 17.6 Å². The molecule has 0 aliphatic rings. The van der Waals surface area contributed by atoms with Crippen LogP contribution in [0.15, 0.2) is 22.0 Å². The molecule has 0 aliphatic carbocycles. The summed E-state index contributed by atoms with van der Waals surface area (Å²) in [6.07, 6.45) is 4.06. The topological polar surface area (TPSA) is 102 Å². The van der Waals surface area contributed by atoms with E-state index >= 15 is 0 Å². The quantitative estimate of drug-likeness (QED) is 0.631. The first-order chi connectivity index (χ1) is 11.9. The van der Waals surface area contributed by atoms with Crippen molar-refractivity contribution in [1.29, 1.82) is 0 Å². The van der Waals surface area contributed by atoms with Crippen molar-refractivity contribution in [3.63, 3.8) is 0 Å². The van der Waals surface area contributed by atoms with Crippen molar-refractivity contribution in [2.75, 3.05) is 5.75 Å². The molecular weight excluding hydrogens is 362 g/mol. The van der Waals surface area contributed by atoms with Crippen LogP contribution < -0.4 is 5.32 Å². The number of amides is 1. The Morgan fingerprint density at radius 2 is 2.20 bits per heavy atom. The zero-order valence-corrected chi connectivity index (χ0v) is 16.0. The van der Waals surface area contributed by atoms with Crippen LogP contribution in [-0.2, 0) is 20.4 Å². The van der Waals surface area contributed by atoms with E-state index in [1.807, 2.05) is 24.4 Å². The molecule has 2 heterocycles. The van der Waals surface area contributed by atoms with E-state index in [9.17, 15) is 13.2 Å². The summed E-state index contributed by atoms with van der Waals surface area (Å²) in [6, 6.07) is 3.63. The lowest BCUT2D eigenvalue weighted by molar-refractivity contribution is -0.119. The van der Waals surface area contributed by atoms with Crippen molar-refractivity contribution in [3.8, 4) is 10.7 Å². The van der Waals surface area contributed by atoms with Gasteiger partial charge < -0.3 is 9.84 Å². The van der Waals surface area contributed by atoms with Crippen molar-refractivity contribution in [2.24, 2.45) is 0 Å². The Labute approximate surface area is 151 Å². The number of nitrogens with one attached hydrogen (secondary N) is 1. The summed E-state index contributed by atoms with van der Waals surface area (Å²) >= 11 is 1.43. The fraction of sp³-hybridized carbons (Fsp3) is 0.562. The van der Waals surface area contributed by atoms with E-state index < -0.39 is 27.3 Å². The molecule has 25 heavy (non-hydrogen) atoms. The van der Waals surface area contributed by atoms with Gasteiger partial charge >= 0.3 is 0 Å². The number of hydrogen-bond donors (Lipinski definition) is 1. The maximum Gasteiger partial charge on any atom is 0.242 e. The van der Waals surface area contributed by atoms with Gasteiger partial charge in [-0.25, -0.2) is 8.42 Å². The molecule has 9 heteroatoms. The van der Waals surface area contributed by atoms with Crippen LogP contribution in [0.4, 0.5) is 0 Å². The van der Waals surface area contributed by atoms with Crippen LogP contribution in [0.1, 0.15) is 45.4 Å². The second-order valence-electron chi connectivity index (χ2n) is 5.99. The zero-order chi connectivity index (χ0) is 18.3. The molecule has 0 aromatic carbocycles. The highest BCUT2D eigenvalue weighted by Gasteiger charge is 2.22. The van der Waals surface area contributed by atoms with Gasteiger partial charge in [0.15, 0.2) is 9.84 Å². The Morgan fingerprint density at radius 1 is 1.40 bits per heavy atom. The molecule has 1 amide bonds. The van der Waals surface area contributed by atoms with Crippen LogP contribution in [0.5, 0.6) is 0 Å². The maximum atomic E-state index is 12.2.